The number of nitrogens with one attached hydrogen (secondary N) is 2. The fourth-order valence-electron chi connectivity index (χ4n) is 2.12. The number of para-hydroxylation sites is 1. The summed E-state index contributed by atoms with van der Waals surface area (Å²) in [6, 6.07) is 9.91. The van der Waals surface area contributed by atoms with E-state index >= 15 is 0 Å². The van der Waals surface area contributed by atoms with Gasteiger partial charge < -0.3 is 10.3 Å². The summed E-state index contributed by atoms with van der Waals surface area (Å²) in [5, 5.41) is 4.28. The molecule has 0 spiro atoms. The second kappa shape index (κ2) is 4.72. The van der Waals surface area contributed by atoms with Crippen LogP contribution in [0.4, 0.5) is 11.6 Å². The third-order valence-corrected chi connectivity index (χ3v) is 3.12. The molecule has 3 aromatic rings. The van der Waals surface area contributed by atoms with Crippen LogP contribution in [0, 0.1) is 0 Å². The van der Waals surface area contributed by atoms with Gasteiger partial charge in [0.05, 0.1) is 0 Å². The molecule has 0 aliphatic rings. The highest BCUT2D eigenvalue weighted by molar-refractivity contribution is 5.80. The monoisotopic (exact) mass is 252 g/mol. The highest BCUT2D eigenvalue weighted by atomic mass is 15.1. The van der Waals surface area contributed by atoms with E-state index in [9.17, 15) is 0 Å². The predicted molar refractivity (Wildman–Crippen MR) is 77.7 cm³/mol. The molecule has 0 saturated heterocycles. The van der Waals surface area contributed by atoms with E-state index in [0.717, 1.165) is 16.7 Å². The van der Waals surface area contributed by atoms with E-state index in [-0.39, 0.29) is 0 Å². The van der Waals surface area contributed by atoms with Crippen LogP contribution in [0.3, 0.4) is 0 Å². The molecular weight excluding hydrogens is 236 g/mol. The SMILES string of the molecule is CC(C)c1c[nH]c2nc(Nc3ccccc3)ncc12. The molecule has 0 atom stereocenters. The standard InChI is InChI=1S/C15H16N4/c1-10(2)12-8-16-14-13(12)9-17-15(19-14)18-11-6-4-3-5-7-11/h3-10H,1-2H3,(H2,16,17,18,19). The smallest absolute Gasteiger partial charge is 0.229 e. The molecule has 2 N–H and O–H groups in total. The highest BCUT2D eigenvalue weighted by Crippen LogP contribution is 2.24. The van der Waals surface area contributed by atoms with E-state index in [4.69, 9.17) is 0 Å². The van der Waals surface area contributed by atoms with E-state index < -0.39 is 0 Å². The lowest BCUT2D eigenvalue weighted by Gasteiger charge is -2.05. The number of nitrogens with zero attached hydrogens (tertiary/aromatic N) is 2. The minimum absolute atomic E-state index is 0.463. The lowest BCUT2D eigenvalue weighted by molar-refractivity contribution is 0.875. The first-order chi connectivity index (χ1) is 9.24. The molecule has 0 bridgehead atoms. The van der Waals surface area contributed by atoms with Crippen molar-refractivity contribution in [3.63, 3.8) is 0 Å². The molecule has 4 heteroatoms. The van der Waals surface area contributed by atoms with Gasteiger partial charge in [0.2, 0.25) is 5.95 Å². The number of hydrogen-bond acceptors (Lipinski definition) is 3. The average Bonchev–Trinajstić information content (AvgIpc) is 2.83. The van der Waals surface area contributed by atoms with Crippen LogP contribution in [-0.4, -0.2) is 15.0 Å². The molecule has 96 valence electrons. The Kier molecular flexibility index (Phi) is 2.91. The first-order valence-corrected chi connectivity index (χ1v) is 6.40. The molecule has 0 aliphatic heterocycles. The second-order valence-electron chi connectivity index (χ2n) is 4.85. The van der Waals surface area contributed by atoms with Crippen LogP contribution in [0.15, 0.2) is 42.7 Å². The van der Waals surface area contributed by atoms with Crippen molar-refractivity contribution in [1.29, 1.82) is 0 Å². The van der Waals surface area contributed by atoms with Crippen molar-refractivity contribution in [2.45, 2.75) is 19.8 Å². The van der Waals surface area contributed by atoms with Gasteiger partial charge in [0.25, 0.3) is 0 Å². The van der Waals surface area contributed by atoms with Crippen LogP contribution in [0.2, 0.25) is 0 Å². The number of aromatic amines is 1. The lowest BCUT2D eigenvalue weighted by atomic mass is 10.1. The molecule has 0 fully saturated rings. The maximum atomic E-state index is 4.50. The van der Waals surface area contributed by atoms with Gasteiger partial charge in [0.15, 0.2) is 0 Å². The van der Waals surface area contributed by atoms with E-state index in [1.54, 1.807) is 0 Å². The number of aromatic nitrogens is 3. The first kappa shape index (κ1) is 11.7. The van der Waals surface area contributed by atoms with Crippen molar-refractivity contribution in [1.82, 2.24) is 15.0 Å². The summed E-state index contributed by atoms with van der Waals surface area (Å²) >= 11 is 0. The van der Waals surface area contributed by atoms with Crippen LogP contribution in [0.25, 0.3) is 11.0 Å². The first-order valence-electron chi connectivity index (χ1n) is 6.40. The third-order valence-electron chi connectivity index (χ3n) is 3.12. The maximum absolute atomic E-state index is 4.50. The van der Waals surface area contributed by atoms with Gasteiger partial charge in [-0.25, -0.2) is 4.98 Å². The van der Waals surface area contributed by atoms with Crippen molar-refractivity contribution in [3.8, 4) is 0 Å². The Labute approximate surface area is 111 Å². The van der Waals surface area contributed by atoms with E-state index in [1.165, 1.54) is 5.56 Å². The van der Waals surface area contributed by atoms with Crippen molar-refractivity contribution in [3.05, 3.63) is 48.3 Å². The largest absolute Gasteiger partial charge is 0.346 e. The topological polar surface area (TPSA) is 53.6 Å². The number of rotatable bonds is 3. The quantitative estimate of drug-likeness (QED) is 0.745. The Hall–Kier alpha value is -2.36. The molecule has 0 amide bonds. The molecule has 19 heavy (non-hydrogen) atoms. The second-order valence-corrected chi connectivity index (χ2v) is 4.85. The van der Waals surface area contributed by atoms with Crippen molar-refractivity contribution < 1.29 is 0 Å². The highest BCUT2D eigenvalue weighted by Gasteiger charge is 2.09. The molecular formula is C15H16N4. The van der Waals surface area contributed by atoms with Gasteiger partial charge in [-0.15, -0.1) is 0 Å². The summed E-state index contributed by atoms with van der Waals surface area (Å²) < 4.78 is 0. The molecule has 2 heterocycles. The summed E-state index contributed by atoms with van der Waals surface area (Å²) in [5.41, 5.74) is 3.11. The van der Waals surface area contributed by atoms with E-state index in [1.807, 2.05) is 42.7 Å². The van der Waals surface area contributed by atoms with E-state index in [0.29, 0.717) is 11.9 Å². The van der Waals surface area contributed by atoms with Crippen molar-refractivity contribution in [2.24, 2.45) is 0 Å². The van der Waals surface area contributed by atoms with Gasteiger partial charge in [0, 0.05) is 23.5 Å². The molecule has 0 saturated carbocycles. The van der Waals surface area contributed by atoms with Crippen LogP contribution >= 0.6 is 0 Å². The number of fused-ring (bicyclic) bond motifs is 1. The van der Waals surface area contributed by atoms with E-state index in [2.05, 4.69) is 34.1 Å². The Bertz CT molecular complexity index is 686. The Balaban J connectivity index is 1.94. The molecule has 0 unspecified atom stereocenters. The Morgan fingerprint density at radius 3 is 2.68 bits per heavy atom. The van der Waals surface area contributed by atoms with Gasteiger partial charge in [-0.05, 0) is 23.6 Å². The Morgan fingerprint density at radius 2 is 1.95 bits per heavy atom. The molecule has 4 nitrogen and oxygen atoms in total. The molecule has 1 aromatic carbocycles. The zero-order valence-corrected chi connectivity index (χ0v) is 11.0. The zero-order valence-electron chi connectivity index (χ0n) is 11.0. The van der Waals surface area contributed by atoms with Gasteiger partial charge in [-0.1, -0.05) is 32.0 Å². The predicted octanol–water partition coefficient (Wildman–Crippen LogP) is 3.82. The lowest BCUT2D eigenvalue weighted by Crippen LogP contribution is -1.96. The summed E-state index contributed by atoms with van der Waals surface area (Å²) in [4.78, 5) is 12.1. The van der Waals surface area contributed by atoms with Gasteiger partial charge in [-0.3, -0.25) is 0 Å². The van der Waals surface area contributed by atoms with Crippen molar-refractivity contribution >= 4 is 22.7 Å². The third kappa shape index (κ3) is 2.29. The number of benzene rings is 1. The number of H-pyrrole nitrogens is 1. The minimum atomic E-state index is 0.463. The Morgan fingerprint density at radius 1 is 1.16 bits per heavy atom. The molecule has 0 radical (unpaired) electrons. The minimum Gasteiger partial charge on any atom is -0.346 e. The summed E-state index contributed by atoms with van der Waals surface area (Å²) in [7, 11) is 0. The van der Waals surface area contributed by atoms with Crippen LogP contribution in [0.1, 0.15) is 25.3 Å². The molecule has 3 rings (SSSR count). The fraction of sp³-hybridized carbons (Fsp3) is 0.200. The summed E-state index contributed by atoms with van der Waals surface area (Å²) in [5.74, 6) is 1.07. The van der Waals surface area contributed by atoms with Crippen LogP contribution < -0.4 is 5.32 Å². The van der Waals surface area contributed by atoms with Gasteiger partial charge in [-0.2, -0.15) is 4.98 Å². The normalized spacial score (nSPS) is 11.1. The summed E-state index contributed by atoms with van der Waals surface area (Å²) in [6.45, 7) is 4.33. The van der Waals surface area contributed by atoms with Crippen LogP contribution in [-0.2, 0) is 0 Å². The number of hydrogen-bond donors (Lipinski definition) is 2. The zero-order chi connectivity index (χ0) is 13.2. The summed E-state index contributed by atoms with van der Waals surface area (Å²) in [6.07, 6.45) is 3.88. The molecule has 2 aromatic heterocycles. The fourth-order valence-corrected chi connectivity index (χ4v) is 2.12. The van der Waals surface area contributed by atoms with Gasteiger partial charge in [0.1, 0.15) is 5.65 Å². The number of anilines is 2. The maximum Gasteiger partial charge on any atom is 0.229 e. The van der Waals surface area contributed by atoms with Crippen LogP contribution in [0.5, 0.6) is 0 Å². The van der Waals surface area contributed by atoms with Gasteiger partial charge >= 0.3 is 0 Å². The average molecular weight is 252 g/mol. The molecule has 0 aliphatic carbocycles. The van der Waals surface area contributed by atoms with Crippen molar-refractivity contribution in [2.75, 3.05) is 5.32 Å².